The number of rotatable bonds is 4. The zero-order valence-corrected chi connectivity index (χ0v) is 11.5. The molecule has 1 fully saturated rings. The van der Waals surface area contributed by atoms with E-state index >= 15 is 0 Å². The topological polar surface area (TPSA) is 68.1 Å². The normalized spacial score (nSPS) is 20.1. The van der Waals surface area contributed by atoms with Crippen LogP contribution in [-0.4, -0.2) is 15.9 Å². The Morgan fingerprint density at radius 1 is 1.38 bits per heavy atom. The molecule has 0 amide bonds. The summed E-state index contributed by atoms with van der Waals surface area (Å²) >= 11 is 5.98. The average Bonchev–Trinajstić information content (AvgIpc) is 3.21. The first kappa shape index (κ1) is 13.8. The molecule has 1 aromatic heterocycles. The summed E-state index contributed by atoms with van der Waals surface area (Å²) in [4.78, 5) is 14.1. The van der Waals surface area contributed by atoms with Crippen molar-refractivity contribution in [2.24, 2.45) is 0 Å². The molecule has 0 unspecified atom stereocenters. The van der Waals surface area contributed by atoms with Gasteiger partial charge in [-0.15, -0.1) is 0 Å². The number of anilines is 1. The summed E-state index contributed by atoms with van der Waals surface area (Å²) < 4.78 is 12.9. The Kier molecular flexibility index (Phi) is 3.47. The predicted molar refractivity (Wildman–Crippen MR) is 77.1 cm³/mol. The number of aromatic nitrogens is 1. The van der Waals surface area contributed by atoms with E-state index in [0.717, 1.165) is 12.0 Å². The summed E-state index contributed by atoms with van der Waals surface area (Å²) in [6.07, 6.45) is 2.06. The van der Waals surface area contributed by atoms with Crippen LogP contribution in [0.4, 0.5) is 15.9 Å². The number of hydrogen-bond acceptors (Lipinski definition) is 4. The average molecular weight is 308 g/mol. The van der Waals surface area contributed by atoms with Crippen LogP contribution in [0.25, 0.3) is 0 Å². The van der Waals surface area contributed by atoms with Crippen LogP contribution in [0.2, 0.25) is 5.02 Å². The fraction of sp³-hybridized carbons (Fsp3) is 0.214. The van der Waals surface area contributed by atoms with Crippen LogP contribution in [0.1, 0.15) is 17.9 Å². The Morgan fingerprint density at radius 2 is 2.10 bits per heavy atom. The van der Waals surface area contributed by atoms with E-state index in [-0.39, 0.29) is 28.5 Å². The number of halogens is 2. The minimum absolute atomic E-state index is 0.142. The molecule has 2 atom stereocenters. The molecule has 2 aromatic rings. The van der Waals surface area contributed by atoms with Gasteiger partial charge in [0, 0.05) is 18.0 Å². The van der Waals surface area contributed by atoms with Gasteiger partial charge in [-0.1, -0.05) is 23.7 Å². The second kappa shape index (κ2) is 5.29. The number of nitrogens with one attached hydrogen (secondary N) is 1. The SMILES string of the molecule is O=[N+]([O-])c1cnc(N[C@@H]2C[C@H]2c2ccc(F)cc2)c(Cl)c1. The van der Waals surface area contributed by atoms with Gasteiger partial charge in [-0.2, -0.15) is 0 Å². The highest BCUT2D eigenvalue weighted by Gasteiger charge is 2.39. The van der Waals surface area contributed by atoms with E-state index in [1.807, 2.05) is 0 Å². The molecule has 0 aliphatic heterocycles. The zero-order valence-electron chi connectivity index (χ0n) is 10.8. The third-order valence-corrected chi connectivity index (χ3v) is 3.74. The van der Waals surface area contributed by atoms with Crippen molar-refractivity contribution in [2.45, 2.75) is 18.4 Å². The highest BCUT2D eigenvalue weighted by Crippen LogP contribution is 2.43. The van der Waals surface area contributed by atoms with Crippen LogP contribution in [-0.2, 0) is 0 Å². The Balaban J connectivity index is 1.69. The monoisotopic (exact) mass is 307 g/mol. The summed E-state index contributed by atoms with van der Waals surface area (Å²) in [5, 5.41) is 14.0. The fourth-order valence-electron chi connectivity index (χ4n) is 2.24. The molecule has 21 heavy (non-hydrogen) atoms. The molecule has 108 valence electrons. The van der Waals surface area contributed by atoms with E-state index < -0.39 is 4.92 Å². The minimum Gasteiger partial charge on any atom is -0.365 e. The molecule has 1 aliphatic carbocycles. The molecule has 0 spiro atoms. The molecular weight excluding hydrogens is 297 g/mol. The number of nitrogens with zero attached hydrogens (tertiary/aromatic N) is 2. The first-order chi connectivity index (χ1) is 10.0. The van der Waals surface area contributed by atoms with Gasteiger partial charge >= 0.3 is 0 Å². The van der Waals surface area contributed by atoms with Gasteiger partial charge in [0.2, 0.25) is 0 Å². The van der Waals surface area contributed by atoms with Crippen molar-refractivity contribution in [2.75, 3.05) is 5.32 Å². The van der Waals surface area contributed by atoms with Gasteiger partial charge in [-0.05, 0) is 24.1 Å². The molecular formula is C14H11ClFN3O2. The van der Waals surface area contributed by atoms with E-state index in [2.05, 4.69) is 10.3 Å². The van der Waals surface area contributed by atoms with Gasteiger partial charge < -0.3 is 5.32 Å². The molecule has 7 heteroatoms. The Morgan fingerprint density at radius 3 is 2.71 bits per heavy atom. The van der Waals surface area contributed by atoms with Gasteiger partial charge in [-0.3, -0.25) is 10.1 Å². The van der Waals surface area contributed by atoms with E-state index in [1.54, 1.807) is 12.1 Å². The lowest BCUT2D eigenvalue weighted by Crippen LogP contribution is -2.06. The van der Waals surface area contributed by atoms with Crippen molar-refractivity contribution >= 4 is 23.1 Å². The van der Waals surface area contributed by atoms with Crippen molar-refractivity contribution in [3.8, 4) is 0 Å². The van der Waals surface area contributed by atoms with Crippen molar-refractivity contribution < 1.29 is 9.31 Å². The highest BCUT2D eigenvalue weighted by molar-refractivity contribution is 6.33. The van der Waals surface area contributed by atoms with Crippen LogP contribution in [0.3, 0.4) is 0 Å². The molecule has 1 aliphatic rings. The maximum Gasteiger partial charge on any atom is 0.289 e. The smallest absolute Gasteiger partial charge is 0.289 e. The van der Waals surface area contributed by atoms with Gasteiger partial charge in [0.1, 0.15) is 17.8 Å². The fourth-order valence-corrected chi connectivity index (χ4v) is 2.46. The van der Waals surface area contributed by atoms with Gasteiger partial charge in [0.05, 0.1) is 9.95 Å². The minimum atomic E-state index is -0.541. The number of pyridine rings is 1. The Hall–Kier alpha value is -2.21. The molecule has 0 bridgehead atoms. The van der Waals surface area contributed by atoms with Crippen LogP contribution < -0.4 is 5.32 Å². The molecule has 1 heterocycles. The van der Waals surface area contributed by atoms with E-state index in [1.165, 1.54) is 24.4 Å². The van der Waals surface area contributed by atoms with Gasteiger partial charge in [0.25, 0.3) is 5.69 Å². The zero-order chi connectivity index (χ0) is 15.0. The number of hydrogen-bond donors (Lipinski definition) is 1. The Labute approximate surface area is 124 Å². The maximum absolute atomic E-state index is 12.9. The summed E-state index contributed by atoms with van der Waals surface area (Å²) in [6.45, 7) is 0. The lowest BCUT2D eigenvalue weighted by atomic mass is 10.1. The summed E-state index contributed by atoms with van der Waals surface area (Å²) in [5.41, 5.74) is 0.906. The Bertz CT molecular complexity index is 693. The summed E-state index contributed by atoms with van der Waals surface area (Å²) in [7, 11) is 0. The maximum atomic E-state index is 12.9. The first-order valence-corrected chi connectivity index (χ1v) is 6.74. The van der Waals surface area contributed by atoms with Crippen molar-refractivity contribution in [3.05, 3.63) is 63.0 Å². The summed E-state index contributed by atoms with van der Waals surface area (Å²) in [5.74, 6) is 0.444. The summed E-state index contributed by atoms with van der Waals surface area (Å²) in [6, 6.07) is 7.80. The third kappa shape index (κ3) is 2.95. The molecule has 1 saturated carbocycles. The van der Waals surface area contributed by atoms with Crippen LogP contribution in [0, 0.1) is 15.9 Å². The van der Waals surface area contributed by atoms with Gasteiger partial charge in [-0.25, -0.2) is 9.37 Å². The van der Waals surface area contributed by atoms with Crippen LogP contribution in [0.5, 0.6) is 0 Å². The molecule has 0 saturated heterocycles. The highest BCUT2D eigenvalue weighted by atomic mass is 35.5. The first-order valence-electron chi connectivity index (χ1n) is 6.36. The molecule has 3 rings (SSSR count). The molecule has 5 nitrogen and oxygen atoms in total. The van der Waals surface area contributed by atoms with Gasteiger partial charge in [0.15, 0.2) is 0 Å². The van der Waals surface area contributed by atoms with E-state index in [4.69, 9.17) is 11.6 Å². The lowest BCUT2D eigenvalue weighted by Gasteiger charge is -2.07. The predicted octanol–water partition coefficient (Wildman–Crippen LogP) is 3.75. The number of nitro groups is 1. The van der Waals surface area contributed by atoms with E-state index in [9.17, 15) is 14.5 Å². The second-order valence-electron chi connectivity index (χ2n) is 4.93. The number of benzene rings is 1. The van der Waals surface area contributed by atoms with Crippen molar-refractivity contribution in [1.82, 2.24) is 4.98 Å². The molecule has 1 N–H and O–H groups in total. The van der Waals surface area contributed by atoms with E-state index in [0.29, 0.717) is 5.82 Å². The molecule has 1 aromatic carbocycles. The standard InChI is InChI=1S/C14H11ClFN3O2/c15-12-5-10(19(20)21)7-17-14(12)18-13-6-11(13)8-1-3-9(16)4-2-8/h1-5,7,11,13H,6H2,(H,17,18)/t11-,13+/m0/s1. The lowest BCUT2D eigenvalue weighted by molar-refractivity contribution is -0.385. The van der Waals surface area contributed by atoms with Crippen molar-refractivity contribution in [1.29, 1.82) is 0 Å². The quantitative estimate of drug-likeness (QED) is 0.690. The largest absolute Gasteiger partial charge is 0.365 e. The second-order valence-corrected chi connectivity index (χ2v) is 5.33. The van der Waals surface area contributed by atoms with Crippen LogP contribution >= 0.6 is 11.6 Å². The molecule has 0 radical (unpaired) electrons. The van der Waals surface area contributed by atoms with Crippen molar-refractivity contribution in [3.63, 3.8) is 0 Å². The third-order valence-electron chi connectivity index (χ3n) is 3.45. The van der Waals surface area contributed by atoms with Crippen LogP contribution in [0.15, 0.2) is 36.5 Å².